The quantitative estimate of drug-likeness (QED) is 0.775. The van der Waals surface area contributed by atoms with Crippen LogP contribution in [0.4, 0.5) is 0 Å². The number of allylic oxidation sites excluding steroid dienone is 1. The number of aliphatic carboxylic acids is 1. The second-order valence-corrected chi connectivity index (χ2v) is 7.66. The normalized spacial score (nSPS) is 46.9. The smallest absolute Gasteiger partial charge is 0.331 e. The number of hydrogen-bond donors (Lipinski definition) is 1. The molecule has 2 nitrogen and oxygen atoms in total. The third-order valence-corrected chi connectivity index (χ3v) is 7.07. The SMILES string of the molecule is O=C(O)C1=CCC2C1CCC1C3CCCCC3CCC21. The Balaban J connectivity index is 1.54. The summed E-state index contributed by atoms with van der Waals surface area (Å²) in [7, 11) is 0. The van der Waals surface area contributed by atoms with Crippen LogP contribution in [0.5, 0.6) is 0 Å². The maximum atomic E-state index is 11.4. The Morgan fingerprint density at radius 1 is 0.900 bits per heavy atom. The van der Waals surface area contributed by atoms with Gasteiger partial charge in [0.15, 0.2) is 0 Å². The Kier molecular flexibility index (Phi) is 3.16. The van der Waals surface area contributed by atoms with Crippen molar-refractivity contribution in [3.8, 4) is 0 Å². The molecule has 0 spiro atoms. The second kappa shape index (κ2) is 4.89. The van der Waals surface area contributed by atoms with E-state index in [-0.39, 0.29) is 0 Å². The summed E-state index contributed by atoms with van der Waals surface area (Å²) in [6.07, 6.45) is 14.2. The number of carbonyl (C=O) groups is 1. The maximum Gasteiger partial charge on any atom is 0.331 e. The van der Waals surface area contributed by atoms with E-state index in [0.29, 0.717) is 11.8 Å². The zero-order valence-corrected chi connectivity index (χ0v) is 12.3. The fourth-order valence-electron chi connectivity index (χ4n) is 6.33. The van der Waals surface area contributed by atoms with Gasteiger partial charge in [-0.25, -0.2) is 4.79 Å². The molecule has 0 aromatic rings. The summed E-state index contributed by atoms with van der Waals surface area (Å²) in [4.78, 5) is 11.4. The largest absolute Gasteiger partial charge is 0.478 e. The molecule has 0 aliphatic heterocycles. The Bertz CT molecular complexity index is 439. The van der Waals surface area contributed by atoms with Crippen molar-refractivity contribution < 1.29 is 9.90 Å². The minimum atomic E-state index is -0.651. The molecule has 0 bridgehead atoms. The highest BCUT2D eigenvalue weighted by molar-refractivity contribution is 5.87. The van der Waals surface area contributed by atoms with Crippen LogP contribution in [0.3, 0.4) is 0 Å². The summed E-state index contributed by atoms with van der Waals surface area (Å²) in [5.74, 6) is 4.16. The predicted octanol–water partition coefficient (Wildman–Crippen LogP) is 4.26. The average Bonchev–Trinajstić information content (AvgIpc) is 2.91. The van der Waals surface area contributed by atoms with Crippen molar-refractivity contribution in [1.29, 1.82) is 0 Å². The lowest BCUT2D eigenvalue weighted by molar-refractivity contribution is -0.133. The lowest BCUT2D eigenvalue weighted by Crippen LogP contribution is -2.44. The van der Waals surface area contributed by atoms with Gasteiger partial charge < -0.3 is 5.11 Å². The molecule has 4 rings (SSSR count). The Labute approximate surface area is 121 Å². The molecule has 0 aromatic heterocycles. The zero-order valence-electron chi connectivity index (χ0n) is 12.3. The van der Waals surface area contributed by atoms with Gasteiger partial charge >= 0.3 is 5.97 Å². The molecule has 20 heavy (non-hydrogen) atoms. The van der Waals surface area contributed by atoms with Crippen molar-refractivity contribution >= 4 is 5.97 Å². The van der Waals surface area contributed by atoms with E-state index in [1.165, 1.54) is 44.9 Å². The van der Waals surface area contributed by atoms with Crippen LogP contribution in [-0.2, 0) is 4.79 Å². The number of carboxylic acids is 1. The van der Waals surface area contributed by atoms with Crippen molar-refractivity contribution in [3.63, 3.8) is 0 Å². The number of fused-ring (bicyclic) bond motifs is 5. The second-order valence-electron chi connectivity index (χ2n) is 7.66. The molecule has 2 heteroatoms. The Morgan fingerprint density at radius 2 is 1.65 bits per heavy atom. The minimum Gasteiger partial charge on any atom is -0.478 e. The molecule has 110 valence electrons. The summed E-state index contributed by atoms with van der Waals surface area (Å²) in [6, 6.07) is 0. The van der Waals surface area contributed by atoms with Gasteiger partial charge in [-0.1, -0.05) is 25.3 Å². The van der Waals surface area contributed by atoms with Gasteiger partial charge in [0, 0.05) is 5.57 Å². The van der Waals surface area contributed by atoms with E-state index in [2.05, 4.69) is 0 Å². The van der Waals surface area contributed by atoms with Crippen molar-refractivity contribution in [2.24, 2.45) is 35.5 Å². The van der Waals surface area contributed by atoms with Crippen LogP contribution in [0.15, 0.2) is 11.6 Å². The highest BCUT2D eigenvalue weighted by Crippen LogP contribution is 2.57. The van der Waals surface area contributed by atoms with Crippen LogP contribution in [0, 0.1) is 35.5 Å². The van der Waals surface area contributed by atoms with Crippen molar-refractivity contribution in [2.45, 2.75) is 57.8 Å². The molecule has 0 radical (unpaired) electrons. The van der Waals surface area contributed by atoms with Gasteiger partial charge in [-0.15, -0.1) is 0 Å². The maximum absolute atomic E-state index is 11.4. The summed E-state index contributed by atoms with van der Waals surface area (Å²) in [5, 5.41) is 9.37. The lowest BCUT2D eigenvalue weighted by Gasteiger charge is -2.52. The van der Waals surface area contributed by atoms with Gasteiger partial charge in [0.25, 0.3) is 0 Å². The van der Waals surface area contributed by atoms with Crippen molar-refractivity contribution in [3.05, 3.63) is 11.6 Å². The topological polar surface area (TPSA) is 37.3 Å². The average molecular weight is 274 g/mol. The molecule has 4 aliphatic carbocycles. The van der Waals surface area contributed by atoms with Gasteiger partial charge in [0.2, 0.25) is 0 Å². The van der Waals surface area contributed by atoms with Crippen LogP contribution < -0.4 is 0 Å². The lowest BCUT2D eigenvalue weighted by atomic mass is 9.53. The molecular weight excluding hydrogens is 248 g/mol. The van der Waals surface area contributed by atoms with E-state index >= 15 is 0 Å². The fourth-order valence-corrected chi connectivity index (χ4v) is 6.33. The monoisotopic (exact) mass is 274 g/mol. The molecule has 0 amide bonds. The van der Waals surface area contributed by atoms with E-state index in [1.54, 1.807) is 0 Å². The summed E-state index contributed by atoms with van der Waals surface area (Å²) in [5.41, 5.74) is 0.749. The van der Waals surface area contributed by atoms with E-state index in [4.69, 9.17) is 0 Å². The van der Waals surface area contributed by atoms with Gasteiger partial charge in [-0.2, -0.15) is 0 Å². The van der Waals surface area contributed by atoms with Crippen LogP contribution in [0.1, 0.15) is 57.8 Å². The van der Waals surface area contributed by atoms with Crippen LogP contribution in [0.25, 0.3) is 0 Å². The van der Waals surface area contributed by atoms with Crippen molar-refractivity contribution in [2.75, 3.05) is 0 Å². The molecule has 3 fully saturated rings. The van der Waals surface area contributed by atoms with E-state index in [9.17, 15) is 9.90 Å². The standard InChI is InChI=1S/C18H26O2/c19-18(20)17-10-9-15-14-6-5-11-3-1-2-4-12(11)13(14)7-8-16(15)17/h10-16H,1-9H2,(H,19,20). The highest BCUT2D eigenvalue weighted by Gasteiger charge is 2.49. The molecule has 6 unspecified atom stereocenters. The first-order chi connectivity index (χ1) is 9.75. The first-order valence-corrected chi connectivity index (χ1v) is 8.69. The molecule has 6 atom stereocenters. The Hall–Kier alpha value is -0.790. The highest BCUT2D eigenvalue weighted by atomic mass is 16.4. The Morgan fingerprint density at radius 3 is 2.50 bits per heavy atom. The fraction of sp³-hybridized carbons (Fsp3) is 0.833. The van der Waals surface area contributed by atoms with Crippen LogP contribution in [0.2, 0.25) is 0 Å². The molecule has 4 aliphatic rings. The molecule has 0 heterocycles. The van der Waals surface area contributed by atoms with E-state index in [1.807, 2.05) is 6.08 Å². The van der Waals surface area contributed by atoms with Crippen molar-refractivity contribution in [1.82, 2.24) is 0 Å². The van der Waals surface area contributed by atoms with Gasteiger partial charge in [0.1, 0.15) is 0 Å². The molecule has 3 saturated carbocycles. The first kappa shape index (κ1) is 12.9. The van der Waals surface area contributed by atoms with Crippen LogP contribution >= 0.6 is 0 Å². The van der Waals surface area contributed by atoms with Gasteiger partial charge in [-0.05, 0) is 74.0 Å². The number of hydrogen-bond acceptors (Lipinski definition) is 1. The third kappa shape index (κ3) is 1.87. The van der Waals surface area contributed by atoms with E-state index in [0.717, 1.165) is 42.1 Å². The minimum absolute atomic E-state index is 0.383. The predicted molar refractivity (Wildman–Crippen MR) is 78.2 cm³/mol. The molecule has 1 N–H and O–H groups in total. The van der Waals surface area contributed by atoms with Crippen LogP contribution in [-0.4, -0.2) is 11.1 Å². The summed E-state index contributed by atoms with van der Waals surface area (Å²) < 4.78 is 0. The number of carboxylic acid groups (broad SMARTS) is 1. The van der Waals surface area contributed by atoms with Gasteiger partial charge in [0.05, 0.1) is 0 Å². The third-order valence-electron chi connectivity index (χ3n) is 7.07. The molecular formula is C18H26O2. The molecule has 0 aromatic carbocycles. The zero-order chi connectivity index (χ0) is 13.7. The summed E-state index contributed by atoms with van der Waals surface area (Å²) >= 11 is 0. The molecule has 0 saturated heterocycles. The number of rotatable bonds is 1. The first-order valence-electron chi connectivity index (χ1n) is 8.69. The van der Waals surface area contributed by atoms with Gasteiger partial charge in [-0.3, -0.25) is 0 Å². The van der Waals surface area contributed by atoms with E-state index < -0.39 is 5.97 Å². The summed E-state index contributed by atoms with van der Waals surface area (Å²) in [6.45, 7) is 0.